The molecule has 0 bridgehead atoms. The first-order chi connectivity index (χ1) is 8.95. The Morgan fingerprint density at radius 1 is 1.32 bits per heavy atom. The highest BCUT2D eigenvalue weighted by atomic mass is 16.2. The molecule has 5 atom stereocenters. The standard InChI is InChI=1S/C16H30N2O/c1-6-13-7-8-14(11(13)4)18-15(9-10(2)3)17-12(5)16(18)19/h10-15,17H,6-9H2,1-5H3. The van der Waals surface area contributed by atoms with Crippen molar-refractivity contribution in [3.05, 3.63) is 0 Å². The molecule has 19 heavy (non-hydrogen) atoms. The Bertz CT molecular complexity index is 329. The van der Waals surface area contributed by atoms with Crippen molar-refractivity contribution in [3.8, 4) is 0 Å². The zero-order valence-corrected chi connectivity index (χ0v) is 13.1. The molecule has 1 saturated carbocycles. The van der Waals surface area contributed by atoms with Gasteiger partial charge in [-0.1, -0.05) is 34.1 Å². The largest absolute Gasteiger partial charge is 0.323 e. The normalized spacial score (nSPS) is 39.6. The molecular weight excluding hydrogens is 236 g/mol. The van der Waals surface area contributed by atoms with Crippen LogP contribution in [0.15, 0.2) is 0 Å². The summed E-state index contributed by atoms with van der Waals surface area (Å²) >= 11 is 0. The molecule has 1 amide bonds. The number of rotatable bonds is 4. The van der Waals surface area contributed by atoms with Crippen LogP contribution in [0.1, 0.15) is 60.3 Å². The van der Waals surface area contributed by atoms with Gasteiger partial charge in [-0.05, 0) is 43.9 Å². The number of hydrogen-bond donors (Lipinski definition) is 1. The van der Waals surface area contributed by atoms with Gasteiger partial charge in [0, 0.05) is 6.04 Å². The number of nitrogens with zero attached hydrogens (tertiary/aromatic N) is 1. The number of hydrogen-bond acceptors (Lipinski definition) is 2. The number of carbonyl (C=O) groups excluding carboxylic acids is 1. The van der Waals surface area contributed by atoms with Crippen LogP contribution < -0.4 is 5.32 Å². The van der Waals surface area contributed by atoms with Crippen molar-refractivity contribution in [2.75, 3.05) is 0 Å². The highest BCUT2D eigenvalue weighted by molar-refractivity contribution is 5.84. The first kappa shape index (κ1) is 14.8. The van der Waals surface area contributed by atoms with Crippen LogP contribution in [0.3, 0.4) is 0 Å². The number of amides is 1. The summed E-state index contributed by atoms with van der Waals surface area (Å²) in [6.45, 7) is 11.1. The molecule has 3 nitrogen and oxygen atoms in total. The first-order valence-corrected chi connectivity index (χ1v) is 8.03. The van der Waals surface area contributed by atoms with Crippen molar-refractivity contribution < 1.29 is 4.79 Å². The quantitative estimate of drug-likeness (QED) is 0.848. The minimum atomic E-state index is -0.00312. The summed E-state index contributed by atoms with van der Waals surface area (Å²) < 4.78 is 0. The van der Waals surface area contributed by atoms with Gasteiger partial charge in [-0.3, -0.25) is 10.1 Å². The zero-order chi connectivity index (χ0) is 14.2. The Morgan fingerprint density at radius 2 is 2.00 bits per heavy atom. The number of nitrogens with one attached hydrogen (secondary N) is 1. The predicted molar refractivity (Wildman–Crippen MR) is 78.7 cm³/mol. The highest BCUT2D eigenvalue weighted by Crippen LogP contribution is 2.39. The van der Waals surface area contributed by atoms with E-state index in [4.69, 9.17) is 0 Å². The van der Waals surface area contributed by atoms with Crippen LogP contribution in [0, 0.1) is 17.8 Å². The summed E-state index contributed by atoms with van der Waals surface area (Å²) in [5.41, 5.74) is 0. The van der Waals surface area contributed by atoms with Crippen molar-refractivity contribution in [3.63, 3.8) is 0 Å². The van der Waals surface area contributed by atoms with Crippen molar-refractivity contribution in [1.29, 1.82) is 0 Å². The van der Waals surface area contributed by atoms with Gasteiger partial charge in [0.2, 0.25) is 5.91 Å². The Hall–Kier alpha value is -0.570. The van der Waals surface area contributed by atoms with E-state index >= 15 is 0 Å². The van der Waals surface area contributed by atoms with E-state index in [1.54, 1.807) is 0 Å². The lowest BCUT2D eigenvalue weighted by atomic mass is 9.92. The van der Waals surface area contributed by atoms with E-state index in [-0.39, 0.29) is 12.2 Å². The van der Waals surface area contributed by atoms with Gasteiger partial charge in [0.15, 0.2) is 0 Å². The maximum Gasteiger partial charge on any atom is 0.240 e. The Morgan fingerprint density at radius 3 is 2.53 bits per heavy atom. The summed E-state index contributed by atoms with van der Waals surface area (Å²) in [5.74, 6) is 2.39. The molecule has 0 aromatic carbocycles. The van der Waals surface area contributed by atoms with Crippen LogP contribution in [0.25, 0.3) is 0 Å². The third-order valence-electron chi connectivity index (χ3n) is 5.16. The van der Waals surface area contributed by atoms with Gasteiger partial charge in [0.25, 0.3) is 0 Å². The van der Waals surface area contributed by atoms with E-state index in [0.29, 0.717) is 23.8 Å². The van der Waals surface area contributed by atoms with E-state index in [1.807, 2.05) is 6.92 Å². The van der Waals surface area contributed by atoms with Crippen molar-refractivity contribution in [2.45, 2.75) is 78.6 Å². The molecule has 1 N–H and O–H groups in total. The molecule has 5 unspecified atom stereocenters. The molecule has 2 aliphatic rings. The van der Waals surface area contributed by atoms with Gasteiger partial charge in [0.05, 0.1) is 12.2 Å². The fraction of sp³-hybridized carbons (Fsp3) is 0.938. The fourth-order valence-electron chi connectivity index (χ4n) is 4.03. The molecule has 2 fully saturated rings. The lowest BCUT2D eigenvalue weighted by molar-refractivity contribution is -0.133. The summed E-state index contributed by atoms with van der Waals surface area (Å²) in [5, 5.41) is 3.49. The molecular formula is C16H30N2O. The zero-order valence-electron chi connectivity index (χ0n) is 13.1. The maximum absolute atomic E-state index is 12.5. The first-order valence-electron chi connectivity index (χ1n) is 8.03. The highest BCUT2D eigenvalue weighted by Gasteiger charge is 2.45. The van der Waals surface area contributed by atoms with Crippen LogP contribution >= 0.6 is 0 Å². The molecule has 0 aromatic rings. The van der Waals surface area contributed by atoms with E-state index in [1.165, 1.54) is 19.3 Å². The SMILES string of the molecule is CCC1CCC(N2C(=O)C(C)NC2CC(C)C)C1C. The molecule has 0 radical (unpaired) electrons. The smallest absolute Gasteiger partial charge is 0.240 e. The lowest BCUT2D eigenvalue weighted by Gasteiger charge is -2.34. The van der Waals surface area contributed by atoms with Crippen molar-refractivity contribution in [2.24, 2.45) is 17.8 Å². The van der Waals surface area contributed by atoms with Gasteiger partial charge in [0.1, 0.15) is 0 Å². The minimum absolute atomic E-state index is 0.00312. The summed E-state index contributed by atoms with van der Waals surface area (Å²) in [7, 11) is 0. The van der Waals surface area contributed by atoms with Crippen molar-refractivity contribution >= 4 is 5.91 Å². The Labute approximate surface area is 118 Å². The molecule has 3 heteroatoms. The monoisotopic (exact) mass is 266 g/mol. The molecule has 0 aromatic heterocycles. The third-order valence-corrected chi connectivity index (χ3v) is 5.16. The van der Waals surface area contributed by atoms with E-state index in [0.717, 1.165) is 12.3 Å². The predicted octanol–water partition coefficient (Wildman–Crippen LogP) is 3.00. The van der Waals surface area contributed by atoms with E-state index < -0.39 is 0 Å². The lowest BCUT2D eigenvalue weighted by Crippen LogP contribution is -2.46. The topological polar surface area (TPSA) is 32.3 Å². The van der Waals surface area contributed by atoms with Crippen LogP contribution in [0.2, 0.25) is 0 Å². The average Bonchev–Trinajstić information content (AvgIpc) is 2.81. The second-order valence-electron chi connectivity index (χ2n) is 6.95. The molecule has 0 spiro atoms. The Kier molecular flexibility index (Phi) is 4.54. The van der Waals surface area contributed by atoms with Crippen LogP contribution in [-0.4, -0.2) is 29.1 Å². The average molecular weight is 266 g/mol. The molecule has 1 aliphatic carbocycles. The molecule has 1 aliphatic heterocycles. The molecule has 1 saturated heterocycles. The third kappa shape index (κ3) is 2.81. The maximum atomic E-state index is 12.5. The van der Waals surface area contributed by atoms with E-state index in [9.17, 15) is 4.79 Å². The van der Waals surface area contributed by atoms with Gasteiger partial charge < -0.3 is 4.90 Å². The summed E-state index contributed by atoms with van der Waals surface area (Å²) in [6.07, 6.45) is 5.04. The summed E-state index contributed by atoms with van der Waals surface area (Å²) in [6, 6.07) is 0.454. The number of carbonyl (C=O) groups is 1. The van der Waals surface area contributed by atoms with Crippen LogP contribution in [0.4, 0.5) is 0 Å². The van der Waals surface area contributed by atoms with Crippen molar-refractivity contribution in [1.82, 2.24) is 10.2 Å². The molecule has 110 valence electrons. The van der Waals surface area contributed by atoms with Gasteiger partial charge in [-0.25, -0.2) is 0 Å². The Balaban J connectivity index is 2.13. The van der Waals surface area contributed by atoms with Gasteiger partial charge in [-0.2, -0.15) is 0 Å². The second kappa shape index (κ2) is 5.82. The van der Waals surface area contributed by atoms with Crippen LogP contribution in [-0.2, 0) is 4.79 Å². The molecule has 1 heterocycles. The van der Waals surface area contributed by atoms with Crippen LogP contribution in [0.5, 0.6) is 0 Å². The fourth-order valence-corrected chi connectivity index (χ4v) is 4.03. The second-order valence-corrected chi connectivity index (χ2v) is 6.95. The molecule has 2 rings (SSSR count). The summed E-state index contributed by atoms with van der Waals surface area (Å²) in [4.78, 5) is 14.7. The minimum Gasteiger partial charge on any atom is -0.323 e. The van der Waals surface area contributed by atoms with Gasteiger partial charge in [-0.15, -0.1) is 0 Å². The van der Waals surface area contributed by atoms with Gasteiger partial charge >= 0.3 is 0 Å². The van der Waals surface area contributed by atoms with E-state index in [2.05, 4.69) is 37.9 Å².